The van der Waals surface area contributed by atoms with Gasteiger partial charge in [0, 0.05) is 17.4 Å². The number of nitrogens with one attached hydrogen (secondary N) is 2. The van der Waals surface area contributed by atoms with Gasteiger partial charge in [-0.2, -0.15) is 0 Å². The van der Waals surface area contributed by atoms with Crippen LogP contribution < -0.4 is 10.6 Å². The second-order valence-corrected chi connectivity index (χ2v) is 5.64. The number of carbonyl (C=O) groups is 2. The van der Waals surface area contributed by atoms with Crippen molar-refractivity contribution in [2.45, 2.75) is 6.92 Å². The van der Waals surface area contributed by atoms with Crippen molar-refractivity contribution in [3.8, 4) is 0 Å². The van der Waals surface area contributed by atoms with Crippen LogP contribution in [0.25, 0.3) is 0 Å². The van der Waals surface area contributed by atoms with Crippen LogP contribution in [0.2, 0.25) is 0 Å². The molecule has 0 aliphatic rings. The first-order valence-corrected chi connectivity index (χ1v) is 8.53. The fourth-order valence-corrected chi connectivity index (χ4v) is 2.48. The first-order valence-electron chi connectivity index (χ1n) is 8.53. The van der Waals surface area contributed by atoms with Gasteiger partial charge in [0.15, 0.2) is 0 Å². The summed E-state index contributed by atoms with van der Waals surface area (Å²) >= 11 is 0. The molecule has 0 saturated carbocycles. The molecule has 2 aromatic carbocycles. The van der Waals surface area contributed by atoms with E-state index in [4.69, 9.17) is 4.74 Å². The highest BCUT2D eigenvalue weighted by molar-refractivity contribution is 6.04. The third-order valence-electron chi connectivity index (χ3n) is 3.74. The van der Waals surface area contributed by atoms with Crippen molar-refractivity contribution < 1.29 is 14.3 Å². The van der Waals surface area contributed by atoms with Crippen molar-refractivity contribution in [2.75, 3.05) is 17.2 Å². The van der Waals surface area contributed by atoms with Crippen LogP contribution in [0.4, 0.5) is 17.2 Å². The maximum absolute atomic E-state index is 12.4. The van der Waals surface area contributed by atoms with Crippen molar-refractivity contribution in [3.05, 3.63) is 84.1 Å². The minimum atomic E-state index is -0.418. The molecule has 0 aliphatic heterocycles. The highest BCUT2D eigenvalue weighted by Gasteiger charge is 2.13. The number of carbonyl (C=O) groups excluding carboxylic acids is 2. The normalized spacial score (nSPS) is 10.1. The van der Waals surface area contributed by atoms with E-state index in [0.717, 1.165) is 0 Å². The van der Waals surface area contributed by atoms with Crippen LogP contribution in [0.15, 0.2) is 72.9 Å². The quantitative estimate of drug-likeness (QED) is 0.642. The summed E-state index contributed by atoms with van der Waals surface area (Å²) in [5.41, 5.74) is 2.12. The predicted octanol–water partition coefficient (Wildman–Crippen LogP) is 4.25. The second-order valence-electron chi connectivity index (χ2n) is 5.64. The lowest BCUT2D eigenvalue weighted by atomic mass is 10.1. The molecule has 6 nitrogen and oxygen atoms in total. The third-order valence-corrected chi connectivity index (χ3v) is 3.74. The predicted molar refractivity (Wildman–Crippen MR) is 104 cm³/mol. The largest absolute Gasteiger partial charge is 0.462 e. The van der Waals surface area contributed by atoms with Crippen LogP contribution in [-0.2, 0) is 4.74 Å². The van der Waals surface area contributed by atoms with Gasteiger partial charge in [0.25, 0.3) is 5.91 Å². The molecule has 6 heteroatoms. The Hall–Kier alpha value is -3.67. The van der Waals surface area contributed by atoms with E-state index in [9.17, 15) is 9.59 Å². The van der Waals surface area contributed by atoms with Crippen LogP contribution in [0.1, 0.15) is 27.6 Å². The number of aromatic nitrogens is 1. The van der Waals surface area contributed by atoms with Crippen LogP contribution in [-0.4, -0.2) is 23.5 Å². The number of pyridine rings is 1. The average Bonchev–Trinajstić information content (AvgIpc) is 2.69. The van der Waals surface area contributed by atoms with Crippen molar-refractivity contribution in [1.29, 1.82) is 0 Å². The number of anilines is 3. The fraction of sp³-hybridized carbons (Fsp3) is 0.0952. The molecule has 0 aliphatic carbocycles. The lowest BCUT2D eigenvalue weighted by Gasteiger charge is -2.11. The van der Waals surface area contributed by atoms with Crippen LogP contribution in [0.3, 0.4) is 0 Å². The van der Waals surface area contributed by atoms with Crippen molar-refractivity contribution in [3.63, 3.8) is 0 Å². The average molecular weight is 361 g/mol. The molecule has 3 rings (SSSR count). The molecular formula is C21H19N3O3. The van der Waals surface area contributed by atoms with E-state index in [1.165, 1.54) is 6.20 Å². The summed E-state index contributed by atoms with van der Waals surface area (Å²) in [5.74, 6) is -0.212. The Bertz CT molecular complexity index is 942. The topological polar surface area (TPSA) is 80.3 Å². The van der Waals surface area contributed by atoms with E-state index in [0.29, 0.717) is 34.9 Å². The fourth-order valence-electron chi connectivity index (χ4n) is 2.48. The molecule has 136 valence electrons. The van der Waals surface area contributed by atoms with Gasteiger partial charge in [-0.3, -0.25) is 4.79 Å². The number of esters is 1. The molecule has 1 aromatic heterocycles. The van der Waals surface area contributed by atoms with Gasteiger partial charge in [0.1, 0.15) is 5.82 Å². The van der Waals surface area contributed by atoms with Crippen molar-refractivity contribution in [1.82, 2.24) is 4.98 Å². The van der Waals surface area contributed by atoms with Gasteiger partial charge in [-0.1, -0.05) is 30.3 Å². The number of nitrogens with zero attached hydrogens (tertiary/aromatic N) is 1. The zero-order valence-corrected chi connectivity index (χ0v) is 14.8. The Morgan fingerprint density at radius 3 is 2.52 bits per heavy atom. The molecule has 0 radical (unpaired) electrons. The summed E-state index contributed by atoms with van der Waals surface area (Å²) in [6.45, 7) is 2.05. The summed E-state index contributed by atoms with van der Waals surface area (Å²) in [4.78, 5) is 28.8. The van der Waals surface area contributed by atoms with Crippen molar-refractivity contribution >= 4 is 29.1 Å². The number of ether oxygens (including phenoxy) is 1. The Kier molecular flexibility index (Phi) is 5.79. The summed E-state index contributed by atoms with van der Waals surface area (Å²) in [7, 11) is 0. The number of rotatable bonds is 6. The van der Waals surface area contributed by atoms with E-state index in [-0.39, 0.29) is 5.91 Å². The van der Waals surface area contributed by atoms with E-state index in [1.807, 2.05) is 30.3 Å². The minimum absolute atomic E-state index is 0.245. The lowest BCUT2D eigenvalue weighted by molar-refractivity contribution is 0.0527. The molecule has 2 N–H and O–H groups in total. The Morgan fingerprint density at radius 1 is 1.00 bits per heavy atom. The zero-order chi connectivity index (χ0) is 19.1. The van der Waals surface area contributed by atoms with E-state index >= 15 is 0 Å². The molecule has 27 heavy (non-hydrogen) atoms. The highest BCUT2D eigenvalue weighted by atomic mass is 16.5. The summed E-state index contributed by atoms with van der Waals surface area (Å²) in [5, 5.41) is 5.91. The number of benzene rings is 2. The molecule has 0 saturated heterocycles. The Balaban J connectivity index is 1.79. The number of hydrogen-bond acceptors (Lipinski definition) is 5. The Morgan fingerprint density at radius 2 is 1.74 bits per heavy atom. The van der Waals surface area contributed by atoms with Gasteiger partial charge in [0.2, 0.25) is 0 Å². The molecule has 0 bridgehead atoms. The van der Waals surface area contributed by atoms with Crippen LogP contribution in [0, 0.1) is 0 Å². The molecule has 0 spiro atoms. The molecule has 0 unspecified atom stereocenters. The summed E-state index contributed by atoms with van der Waals surface area (Å²) in [6.07, 6.45) is 1.54. The van der Waals surface area contributed by atoms with Crippen molar-refractivity contribution in [2.24, 2.45) is 0 Å². The first kappa shape index (κ1) is 18.1. The van der Waals surface area contributed by atoms with E-state index in [2.05, 4.69) is 15.6 Å². The SMILES string of the molecule is CCOC(=O)c1ccccc1Nc1cc(C(=O)Nc2ccccc2)ccn1. The maximum Gasteiger partial charge on any atom is 0.340 e. The molecule has 0 fully saturated rings. The first-order chi connectivity index (χ1) is 13.2. The van der Waals surface area contributed by atoms with Gasteiger partial charge in [-0.15, -0.1) is 0 Å². The third kappa shape index (κ3) is 4.70. The zero-order valence-electron chi connectivity index (χ0n) is 14.8. The molecule has 0 atom stereocenters. The molecule has 1 amide bonds. The van der Waals surface area contributed by atoms with Crippen LogP contribution >= 0.6 is 0 Å². The van der Waals surface area contributed by atoms with Gasteiger partial charge in [0.05, 0.1) is 17.9 Å². The standard InChI is InChI=1S/C21H19N3O3/c1-2-27-21(26)17-10-6-7-11-18(17)24-19-14-15(12-13-22-19)20(25)23-16-8-4-3-5-9-16/h3-14H,2H2,1H3,(H,22,24)(H,23,25). The number of para-hydroxylation sites is 2. The second kappa shape index (κ2) is 8.62. The lowest BCUT2D eigenvalue weighted by Crippen LogP contribution is -2.12. The summed E-state index contributed by atoms with van der Waals surface area (Å²) < 4.78 is 5.07. The minimum Gasteiger partial charge on any atom is -0.462 e. The van der Waals surface area contributed by atoms with E-state index in [1.54, 1.807) is 43.3 Å². The maximum atomic E-state index is 12.4. The number of amides is 1. The van der Waals surface area contributed by atoms with Gasteiger partial charge in [-0.25, -0.2) is 9.78 Å². The Labute approximate surface area is 157 Å². The van der Waals surface area contributed by atoms with Crippen LogP contribution in [0.5, 0.6) is 0 Å². The smallest absolute Gasteiger partial charge is 0.340 e. The van der Waals surface area contributed by atoms with Gasteiger partial charge >= 0.3 is 5.97 Å². The highest BCUT2D eigenvalue weighted by Crippen LogP contribution is 2.21. The molecular weight excluding hydrogens is 342 g/mol. The van der Waals surface area contributed by atoms with E-state index < -0.39 is 5.97 Å². The van der Waals surface area contributed by atoms with Gasteiger partial charge < -0.3 is 15.4 Å². The molecule has 1 heterocycles. The van der Waals surface area contributed by atoms with Gasteiger partial charge in [-0.05, 0) is 43.3 Å². The number of hydrogen-bond donors (Lipinski definition) is 2. The monoisotopic (exact) mass is 361 g/mol. The summed E-state index contributed by atoms with van der Waals surface area (Å²) in [6, 6.07) is 19.4. The molecule has 3 aromatic rings.